The van der Waals surface area contributed by atoms with Gasteiger partial charge in [-0.15, -0.1) is 0 Å². The number of nitro groups is 1. The lowest BCUT2D eigenvalue weighted by atomic mass is 9.96. The molecule has 6 nitrogen and oxygen atoms in total. The van der Waals surface area contributed by atoms with Crippen LogP contribution in [0, 0.1) is 10.1 Å². The second-order valence-corrected chi connectivity index (χ2v) is 5.38. The van der Waals surface area contributed by atoms with Crippen molar-refractivity contribution in [3.05, 3.63) is 38.3 Å². The molecule has 1 aromatic carbocycles. The number of ketones is 1. The Morgan fingerprint density at radius 3 is 2.80 bits per heavy atom. The Balaban J connectivity index is 2.15. The van der Waals surface area contributed by atoms with Gasteiger partial charge in [-0.25, -0.2) is 4.79 Å². The molecule has 2 rings (SSSR count). The van der Waals surface area contributed by atoms with Crippen molar-refractivity contribution < 1.29 is 19.2 Å². The third-order valence-corrected chi connectivity index (χ3v) is 3.80. The van der Waals surface area contributed by atoms with Crippen LogP contribution in [0.3, 0.4) is 0 Å². The van der Waals surface area contributed by atoms with Crippen LogP contribution >= 0.6 is 15.9 Å². The fraction of sp³-hybridized carbons (Fsp3) is 0.385. The topological polar surface area (TPSA) is 86.5 Å². The Morgan fingerprint density at radius 1 is 1.40 bits per heavy atom. The monoisotopic (exact) mass is 341 g/mol. The lowest BCUT2D eigenvalue weighted by molar-refractivity contribution is -0.385. The normalized spacial score (nSPS) is 18.6. The smallest absolute Gasteiger partial charge is 0.339 e. The van der Waals surface area contributed by atoms with E-state index in [0.29, 0.717) is 12.8 Å². The number of ether oxygens (including phenoxy) is 1. The van der Waals surface area contributed by atoms with E-state index in [2.05, 4.69) is 15.9 Å². The third-order valence-electron chi connectivity index (χ3n) is 3.13. The predicted octanol–water partition coefficient (Wildman–Crippen LogP) is 3.03. The van der Waals surface area contributed by atoms with Crippen LogP contribution in [0.4, 0.5) is 5.69 Å². The van der Waals surface area contributed by atoms with Gasteiger partial charge in [0.05, 0.1) is 15.0 Å². The number of benzene rings is 1. The SMILES string of the molecule is O=C(O[C@@H]1CCCCC1=O)c1ccc(Br)c([N+](=O)[O-])c1. The first-order valence-corrected chi connectivity index (χ1v) is 6.96. The summed E-state index contributed by atoms with van der Waals surface area (Å²) in [5.74, 6) is -0.794. The van der Waals surface area contributed by atoms with Crippen LogP contribution in [0.1, 0.15) is 36.0 Å². The molecule has 0 spiro atoms. The van der Waals surface area contributed by atoms with E-state index in [1.165, 1.54) is 12.1 Å². The van der Waals surface area contributed by atoms with Crippen molar-refractivity contribution in [1.29, 1.82) is 0 Å². The molecular weight excluding hydrogens is 330 g/mol. The third kappa shape index (κ3) is 3.22. The zero-order valence-electron chi connectivity index (χ0n) is 10.5. The summed E-state index contributed by atoms with van der Waals surface area (Å²) in [6.45, 7) is 0. The van der Waals surface area contributed by atoms with Crippen molar-refractivity contribution in [2.75, 3.05) is 0 Å². The van der Waals surface area contributed by atoms with E-state index >= 15 is 0 Å². The maximum Gasteiger partial charge on any atom is 0.339 e. The Morgan fingerprint density at radius 2 is 2.15 bits per heavy atom. The van der Waals surface area contributed by atoms with E-state index in [-0.39, 0.29) is 21.5 Å². The molecule has 0 aromatic heterocycles. The first-order chi connectivity index (χ1) is 9.49. The highest BCUT2D eigenvalue weighted by atomic mass is 79.9. The molecule has 0 radical (unpaired) electrons. The highest BCUT2D eigenvalue weighted by Crippen LogP contribution is 2.26. The van der Waals surface area contributed by atoms with Crippen molar-refractivity contribution in [3.63, 3.8) is 0 Å². The summed E-state index contributed by atoms with van der Waals surface area (Å²) in [4.78, 5) is 33.7. The van der Waals surface area contributed by atoms with Crippen molar-refractivity contribution in [3.8, 4) is 0 Å². The molecule has 0 N–H and O–H groups in total. The fourth-order valence-electron chi connectivity index (χ4n) is 2.05. The maximum absolute atomic E-state index is 11.9. The van der Waals surface area contributed by atoms with E-state index < -0.39 is 17.0 Å². The molecule has 20 heavy (non-hydrogen) atoms. The van der Waals surface area contributed by atoms with E-state index in [4.69, 9.17) is 4.74 Å². The molecule has 0 heterocycles. The molecule has 7 heteroatoms. The summed E-state index contributed by atoms with van der Waals surface area (Å²) in [6.07, 6.45) is 1.86. The van der Waals surface area contributed by atoms with Gasteiger partial charge in [-0.05, 0) is 47.3 Å². The van der Waals surface area contributed by atoms with Gasteiger partial charge in [0.25, 0.3) is 5.69 Å². The molecule has 1 atom stereocenters. The number of rotatable bonds is 3. The van der Waals surface area contributed by atoms with Crippen molar-refractivity contribution >= 4 is 33.4 Å². The summed E-state index contributed by atoms with van der Waals surface area (Å²) in [5.41, 5.74) is -0.146. The second-order valence-electron chi connectivity index (χ2n) is 4.53. The summed E-state index contributed by atoms with van der Waals surface area (Å²) >= 11 is 3.04. The molecule has 0 amide bonds. The van der Waals surface area contributed by atoms with Gasteiger partial charge in [0.15, 0.2) is 11.9 Å². The molecular formula is C13H12BrNO5. The molecule has 0 bridgehead atoms. The van der Waals surface area contributed by atoms with E-state index in [1.807, 2.05) is 0 Å². The molecule has 1 aromatic rings. The maximum atomic E-state index is 11.9. The zero-order chi connectivity index (χ0) is 14.7. The minimum atomic E-state index is -0.723. The van der Waals surface area contributed by atoms with Gasteiger partial charge in [-0.1, -0.05) is 0 Å². The molecule has 0 aliphatic heterocycles. The van der Waals surface area contributed by atoms with Crippen LogP contribution in [0.2, 0.25) is 0 Å². The minimum Gasteiger partial charge on any atom is -0.451 e. The fourth-order valence-corrected chi connectivity index (χ4v) is 2.44. The van der Waals surface area contributed by atoms with Crippen LogP contribution < -0.4 is 0 Å². The molecule has 1 fully saturated rings. The van der Waals surface area contributed by atoms with E-state index in [1.54, 1.807) is 0 Å². The Labute approximate surface area is 123 Å². The molecule has 0 unspecified atom stereocenters. The van der Waals surface area contributed by atoms with Crippen LogP contribution in [-0.4, -0.2) is 22.8 Å². The number of Topliss-reactive ketones (excluding diaryl/α,β-unsaturated/α-hetero) is 1. The first-order valence-electron chi connectivity index (χ1n) is 6.16. The lowest BCUT2D eigenvalue weighted by Gasteiger charge is -2.20. The van der Waals surface area contributed by atoms with Gasteiger partial charge in [0.2, 0.25) is 0 Å². The average Bonchev–Trinajstić information content (AvgIpc) is 2.41. The standard InChI is InChI=1S/C13H12BrNO5/c14-9-6-5-8(7-10(9)15(18)19)13(17)20-12-4-2-1-3-11(12)16/h5-7,12H,1-4H2/t12-/m1/s1. The summed E-state index contributed by atoms with van der Waals surface area (Å²) in [6, 6.07) is 3.98. The molecule has 1 aliphatic carbocycles. The van der Waals surface area contributed by atoms with E-state index in [0.717, 1.165) is 18.9 Å². The second kappa shape index (κ2) is 6.13. The van der Waals surface area contributed by atoms with Gasteiger partial charge in [-0.3, -0.25) is 14.9 Å². The van der Waals surface area contributed by atoms with Crippen molar-refractivity contribution in [1.82, 2.24) is 0 Å². The largest absolute Gasteiger partial charge is 0.451 e. The van der Waals surface area contributed by atoms with Crippen LogP contribution in [0.15, 0.2) is 22.7 Å². The molecule has 106 valence electrons. The van der Waals surface area contributed by atoms with Crippen molar-refractivity contribution in [2.45, 2.75) is 31.8 Å². The number of halogens is 1. The van der Waals surface area contributed by atoms with E-state index in [9.17, 15) is 19.7 Å². The number of esters is 1. The van der Waals surface area contributed by atoms with Crippen LogP contribution in [0.5, 0.6) is 0 Å². The Hall–Kier alpha value is -1.76. The van der Waals surface area contributed by atoms with Gasteiger partial charge < -0.3 is 4.74 Å². The number of carbonyl (C=O) groups excluding carboxylic acids is 2. The molecule has 1 saturated carbocycles. The van der Waals surface area contributed by atoms with Gasteiger partial charge >= 0.3 is 5.97 Å². The minimum absolute atomic E-state index is 0.0678. The molecule has 1 aliphatic rings. The number of carbonyl (C=O) groups is 2. The Kier molecular flexibility index (Phi) is 4.49. The summed E-state index contributed by atoms with van der Waals surface area (Å²) in [7, 11) is 0. The first kappa shape index (κ1) is 14.6. The number of hydrogen-bond acceptors (Lipinski definition) is 5. The summed E-state index contributed by atoms with van der Waals surface area (Å²) < 4.78 is 5.42. The van der Waals surface area contributed by atoms with Gasteiger partial charge in [-0.2, -0.15) is 0 Å². The van der Waals surface area contributed by atoms with Crippen LogP contribution in [0.25, 0.3) is 0 Å². The molecule has 0 saturated heterocycles. The highest BCUT2D eigenvalue weighted by Gasteiger charge is 2.27. The van der Waals surface area contributed by atoms with Crippen LogP contribution in [-0.2, 0) is 9.53 Å². The van der Waals surface area contributed by atoms with Gasteiger partial charge in [0.1, 0.15) is 0 Å². The lowest BCUT2D eigenvalue weighted by Crippen LogP contribution is -2.30. The number of nitro benzene ring substituents is 1. The number of nitrogens with zero attached hydrogens (tertiary/aromatic N) is 1. The van der Waals surface area contributed by atoms with Gasteiger partial charge in [0, 0.05) is 12.5 Å². The Bertz CT molecular complexity index is 572. The summed E-state index contributed by atoms with van der Waals surface area (Å²) in [5, 5.41) is 10.8. The quantitative estimate of drug-likeness (QED) is 0.479. The number of hydrogen-bond donors (Lipinski definition) is 0. The predicted molar refractivity (Wildman–Crippen MR) is 73.5 cm³/mol. The highest BCUT2D eigenvalue weighted by molar-refractivity contribution is 9.10. The zero-order valence-corrected chi connectivity index (χ0v) is 12.1. The van der Waals surface area contributed by atoms with Crippen molar-refractivity contribution in [2.24, 2.45) is 0 Å². The average molecular weight is 342 g/mol.